The monoisotopic (exact) mass is 592 g/mol. The van der Waals surface area contributed by atoms with Gasteiger partial charge in [0.1, 0.15) is 30.3 Å². The zero-order chi connectivity index (χ0) is 30.9. The van der Waals surface area contributed by atoms with Crippen LogP contribution < -0.4 is 29.2 Å². The number of ether oxygens (including phenoxy) is 4. The smallest absolute Gasteiger partial charge is 0.335 e. The molecule has 0 aromatic heterocycles. The molecule has 4 aromatic rings. The number of urea groups is 1. The summed E-state index contributed by atoms with van der Waals surface area (Å²) in [7, 11) is 0. The van der Waals surface area contributed by atoms with Crippen molar-refractivity contribution < 1.29 is 33.3 Å². The van der Waals surface area contributed by atoms with Gasteiger partial charge in [0.25, 0.3) is 11.8 Å². The first-order valence-electron chi connectivity index (χ1n) is 14.3. The van der Waals surface area contributed by atoms with Crippen molar-refractivity contribution >= 4 is 29.6 Å². The molecule has 0 spiro atoms. The van der Waals surface area contributed by atoms with Crippen molar-refractivity contribution in [3.8, 4) is 23.0 Å². The van der Waals surface area contributed by atoms with Crippen LogP contribution in [0.4, 0.5) is 10.5 Å². The Bertz CT molecular complexity index is 1670. The average Bonchev–Trinajstić information content (AvgIpc) is 3.03. The summed E-state index contributed by atoms with van der Waals surface area (Å²) < 4.78 is 23.4. The molecular formula is C35H32N2O7. The fraction of sp³-hybridized carbons (Fsp3) is 0.171. The highest BCUT2D eigenvalue weighted by Gasteiger charge is 2.37. The van der Waals surface area contributed by atoms with Crippen LogP contribution >= 0.6 is 0 Å². The third kappa shape index (κ3) is 7.07. The fourth-order valence-corrected chi connectivity index (χ4v) is 4.56. The number of barbiturate groups is 1. The van der Waals surface area contributed by atoms with E-state index >= 15 is 0 Å². The second-order valence-corrected chi connectivity index (χ2v) is 9.70. The van der Waals surface area contributed by atoms with Gasteiger partial charge in [-0.25, -0.2) is 9.69 Å². The van der Waals surface area contributed by atoms with Crippen LogP contribution in [0.1, 0.15) is 30.5 Å². The highest BCUT2D eigenvalue weighted by Crippen LogP contribution is 2.31. The molecule has 0 unspecified atom stereocenters. The molecule has 1 N–H and O–H groups in total. The molecule has 0 radical (unpaired) electrons. The second-order valence-electron chi connectivity index (χ2n) is 9.70. The number of hydrogen-bond donors (Lipinski definition) is 1. The van der Waals surface area contributed by atoms with Crippen LogP contribution in [0.2, 0.25) is 0 Å². The average molecular weight is 593 g/mol. The van der Waals surface area contributed by atoms with Crippen molar-refractivity contribution in [2.24, 2.45) is 0 Å². The molecule has 0 bridgehead atoms. The predicted molar refractivity (Wildman–Crippen MR) is 166 cm³/mol. The van der Waals surface area contributed by atoms with Crippen molar-refractivity contribution in [1.82, 2.24) is 5.32 Å². The molecule has 1 heterocycles. The molecule has 224 valence electrons. The molecule has 1 aliphatic rings. The van der Waals surface area contributed by atoms with E-state index in [-0.39, 0.29) is 12.2 Å². The second kappa shape index (κ2) is 14.1. The Morgan fingerprint density at radius 2 is 1.34 bits per heavy atom. The molecule has 1 saturated heterocycles. The topological polar surface area (TPSA) is 103 Å². The van der Waals surface area contributed by atoms with E-state index in [0.29, 0.717) is 54.1 Å². The molecule has 44 heavy (non-hydrogen) atoms. The van der Waals surface area contributed by atoms with E-state index in [1.54, 1.807) is 48.5 Å². The lowest BCUT2D eigenvalue weighted by atomic mass is 10.1. The molecule has 1 aliphatic heterocycles. The van der Waals surface area contributed by atoms with Gasteiger partial charge in [-0.1, -0.05) is 54.6 Å². The number of benzene rings is 4. The van der Waals surface area contributed by atoms with Crippen LogP contribution in [0.25, 0.3) is 6.08 Å². The summed E-state index contributed by atoms with van der Waals surface area (Å²) >= 11 is 0. The molecule has 4 aromatic carbocycles. The highest BCUT2D eigenvalue weighted by atomic mass is 16.5. The highest BCUT2D eigenvalue weighted by molar-refractivity contribution is 6.39. The Kier molecular flexibility index (Phi) is 9.56. The molecule has 9 heteroatoms. The Labute approximate surface area is 255 Å². The van der Waals surface area contributed by atoms with Gasteiger partial charge in [0.15, 0.2) is 11.5 Å². The van der Waals surface area contributed by atoms with Crippen molar-refractivity contribution in [2.45, 2.75) is 27.1 Å². The van der Waals surface area contributed by atoms with Crippen LogP contribution in [0, 0.1) is 0 Å². The van der Waals surface area contributed by atoms with Crippen molar-refractivity contribution in [3.05, 3.63) is 119 Å². The molecule has 4 amide bonds. The van der Waals surface area contributed by atoms with Crippen molar-refractivity contribution in [2.75, 3.05) is 18.1 Å². The SMILES string of the molecule is CCOc1ccc(N2C(=O)NC(=O)/C(=C\c3ccccc3OCc3ccc(OCc4ccccc4)c(OCC)c3)C2=O)cc1. The maximum atomic E-state index is 13.4. The Morgan fingerprint density at radius 1 is 0.659 bits per heavy atom. The van der Waals surface area contributed by atoms with E-state index in [1.807, 2.05) is 62.4 Å². The number of carbonyl (C=O) groups excluding carboxylic acids is 3. The number of imide groups is 2. The van der Waals surface area contributed by atoms with E-state index in [4.69, 9.17) is 18.9 Å². The van der Waals surface area contributed by atoms with E-state index in [9.17, 15) is 14.4 Å². The number of nitrogens with zero attached hydrogens (tertiary/aromatic N) is 1. The van der Waals surface area contributed by atoms with Gasteiger partial charge in [0, 0.05) is 5.56 Å². The van der Waals surface area contributed by atoms with Crippen LogP contribution in [-0.4, -0.2) is 31.1 Å². The molecule has 1 fully saturated rings. The lowest BCUT2D eigenvalue weighted by Crippen LogP contribution is -2.54. The summed E-state index contributed by atoms with van der Waals surface area (Å²) in [6.45, 7) is 5.31. The van der Waals surface area contributed by atoms with Gasteiger partial charge in [-0.05, 0) is 73.5 Å². The minimum Gasteiger partial charge on any atom is -0.494 e. The van der Waals surface area contributed by atoms with Gasteiger partial charge < -0.3 is 18.9 Å². The lowest BCUT2D eigenvalue weighted by Gasteiger charge is -2.26. The zero-order valence-electron chi connectivity index (χ0n) is 24.4. The largest absolute Gasteiger partial charge is 0.494 e. The standard InChI is InChI=1S/C35H32N2O7/c1-3-41-28-17-15-27(16-18-28)37-34(39)29(33(38)36-35(37)40)21-26-12-8-9-13-30(26)43-23-25-14-19-31(32(20-25)42-4-2)44-22-24-10-6-5-7-11-24/h5-21H,3-4,22-23H2,1-2H3,(H,36,38,40)/b29-21+. The van der Waals surface area contributed by atoms with E-state index < -0.39 is 17.8 Å². The number of carbonyl (C=O) groups is 3. The molecule has 0 saturated carbocycles. The maximum Gasteiger partial charge on any atom is 0.335 e. The number of para-hydroxylation sites is 1. The minimum absolute atomic E-state index is 0.191. The number of amides is 4. The molecular weight excluding hydrogens is 560 g/mol. The van der Waals surface area contributed by atoms with Crippen molar-refractivity contribution in [3.63, 3.8) is 0 Å². The first kappa shape index (κ1) is 29.9. The Morgan fingerprint density at radius 3 is 2.09 bits per heavy atom. The number of hydrogen-bond acceptors (Lipinski definition) is 7. The van der Waals surface area contributed by atoms with Gasteiger partial charge in [-0.3, -0.25) is 14.9 Å². The summed E-state index contributed by atoms with van der Waals surface area (Å²) in [6.07, 6.45) is 1.42. The summed E-state index contributed by atoms with van der Waals surface area (Å²) in [4.78, 5) is 39.7. The molecule has 9 nitrogen and oxygen atoms in total. The van der Waals surface area contributed by atoms with Gasteiger partial charge in [0.2, 0.25) is 0 Å². The van der Waals surface area contributed by atoms with Crippen molar-refractivity contribution in [1.29, 1.82) is 0 Å². The van der Waals surface area contributed by atoms with E-state index in [0.717, 1.165) is 16.0 Å². The van der Waals surface area contributed by atoms with Gasteiger partial charge in [-0.2, -0.15) is 0 Å². The summed E-state index contributed by atoms with van der Waals surface area (Å²) in [6, 6.07) is 28.2. The fourth-order valence-electron chi connectivity index (χ4n) is 4.56. The van der Waals surface area contributed by atoms with Crippen LogP contribution in [0.3, 0.4) is 0 Å². The number of rotatable bonds is 12. The first-order chi connectivity index (χ1) is 21.5. The summed E-state index contributed by atoms with van der Waals surface area (Å²) in [5, 5.41) is 2.25. The molecule has 5 rings (SSSR count). The van der Waals surface area contributed by atoms with E-state index in [2.05, 4.69) is 5.32 Å². The molecule has 0 atom stereocenters. The third-order valence-corrected chi connectivity index (χ3v) is 6.67. The van der Waals surface area contributed by atoms with Crippen LogP contribution in [-0.2, 0) is 22.8 Å². The zero-order valence-corrected chi connectivity index (χ0v) is 24.4. The first-order valence-corrected chi connectivity index (χ1v) is 14.3. The van der Waals surface area contributed by atoms with Gasteiger partial charge >= 0.3 is 6.03 Å². The van der Waals surface area contributed by atoms with Crippen LogP contribution in [0.15, 0.2) is 103 Å². The van der Waals surface area contributed by atoms with Gasteiger partial charge in [0.05, 0.1) is 18.9 Å². The summed E-state index contributed by atoms with van der Waals surface area (Å²) in [5.74, 6) is 0.741. The summed E-state index contributed by atoms with van der Waals surface area (Å²) in [5.41, 5.74) is 2.49. The number of nitrogens with one attached hydrogen (secondary N) is 1. The lowest BCUT2D eigenvalue weighted by molar-refractivity contribution is -0.122. The molecule has 0 aliphatic carbocycles. The Balaban J connectivity index is 1.33. The number of anilines is 1. The Hall–Kier alpha value is -5.57. The minimum atomic E-state index is -0.827. The third-order valence-electron chi connectivity index (χ3n) is 6.67. The predicted octanol–water partition coefficient (Wildman–Crippen LogP) is 6.31. The maximum absolute atomic E-state index is 13.4. The normalized spacial score (nSPS) is 13.9. The quantitative estimate of drug-likeness (QED) is 0.152. The van der Waals surface area contributed by atoms with Crippen LogP contribution in [0.5, 0.6) is 23.0 Å². The van der Waals surface area contributed by atoms with E-state index in [1.165, 1.54) is 6.08 Å². The van der Waals surface area contributed by atoms with Gasteiger partial charge in [-0.15, -0.1) is 0 Å².